The largest absolute Gasteiger partial charge is 0.342 e. The van der Waals surface area contributed by atoms with E-state index < -0.39 is 0 Å². The summed E-state index contributed by atoms with van der Waals surface area (Å²) in [6.07, 6.45) is 1.15. The summed E-state index contributed by atoms with van der Waals surface area (Å²) in [6.45, 7) is 3.44. The number of Topliss-reactive ketones (excluding diaryl/α,β-unsaturated/α-hetero) is 1. The fraction of sp³-hybridized carbons (Fsp3) is 0.0769. The van der Waals surface area contributed by atoms with E-state index in [9.17, 15) is 9.59 Å². The molecule has 1 amide bonds. The van der Waals surface area contributed by atoms with Gasteiger partial charge in [-0.3, -0.25) is 9.59 Å². The second-order valence-corrected chi connectivity index (χ2v) is 2.92. The van der Waals surface area contributed by atoms with Crippen molar-refractivity contribution < 1.29 is 9.59 Å². The van der Waals surface area contributed by atoms with Crippen LogP contribution in [0.4, 0.5) is 0 Å². The number of carbonyl (C=O) groups excluding carboxylic acids is 2. The van der Waals surface area contributed by atoms with E-state index >= 15 is 0 Å². The number of hydrogen-bond donors (Lipinski definition) is 1. The zero-order chi connectivity index (χ0) is 11.8. The highest BCUT2D eigenvalue weighted by molar-refractivity contribution is 6.09. The molecule has 0 heterocycles. The summed E-state index contributed by atoms with van der Waals surface area (Å²) in [5.74, 6) is 4.45. The van der Waals surface area contributed by atoms with Gasteiger partial charge in [0, 0.05) is 5.56 Å². The zero-order valence-electron chi connectivity index (χ0n) is 8.69. The summed E-state index contributed by atoms with van der Waals surface area (Å²) < 4.78 is 0. The Morgan fingerprint density at radius 1 is 1.31 bits per heavy atom. The highest BCUT2D eigenvalue weighted by Gasteiger charge is 1.98. The average Bonchev–Trinajstić information content (AvgIpc) is 2.35. The van der Waals surface area contributed by atoms with E-state index in [2.05, 4.69) is 23.7 Å². The summed E-state index contributed by atoms with van der Waals surface area (Å²) in [6, 6.07) is 8.76. The predicted octanol–water partition coefficient (Wildman–Crippen LogP) is 1.17. The van der Waals surface area contributed by atoms with Crippen LogP contribution in [-0.2, 0) is 4.79 Å². The van der Waals surface area contributed by atoms with Crippen molar-refractivity contribution in [3.05, 3.63) is 48.6 Å². The molecule has 3 nitrogen and oxygen atoms in total. The summed E-state index contributed by atoms with van der Waals surface area (Å²) >= 11 is 0. The second-order valence-electron chi connectivity index (χ2n) is 2.92. The van der Waals surface area contributed by atoms with Crippen molar-refractivity contribution in [1.82, 2.24) is 5.32 Å². The van der Waals surface area contributed by atoms with Gasteiger partial charge in [-0.25, -0.2) is 0 Å². The first-order valence-corrected chi connectivity index (χ1v) is 4.72. The summed E-state index contributed by atoms with van der Waals surface area (Å²) in [5.41, 5.74) is 0.546. The van der Waals surface area contributed by atoms with Gasteiger partial charge >= 0.3 is 0 Å². The van der Waals surface area contributed by atoms with Gasteiger partial charge < -0.3 is 5.32 Å². The first kappa shape index (κ1) is 11.7. The van der Waals surface area contributed by atoms with Gasteiger partial charge in [-0.05, 0) is 12.0 Å². The Hall–Kier alpha value is -2.34. The van der Waals surface area contributed by atoms with Crippen molar-refractivity contribution >= 4 is 11.7 Å². The average molecular weight is 213 g/mol. The maximum atomic E-state index is 11.5. The van der Waals surface area contributed by atoms with Crippen LogP contribution in [0.2, 0.25) is 0 Å². The van der Waals surface area contributed by atoms with Crippen molar-refractivity contribution in [2.45, 2.75) is 0 Å². The van der Waals surface area contributed by atoms with E-state index in [4.69, 9.17) is 0 Å². The Bertz CT molecular complexity index is 452. The molecule has 0 bridgehead atoms. The van der Waals surface area contributed by atoms with E-state index in [1.165, 1.54) is 0 Å². The Morgan fingerprint density at radius 3 is 2.62 bits per heavy atom. The van der Waals surface area contributed by atoms with Crippen molar-refractivity contribution in [1.29, 1.82) is 0 Å². The molecule has 0 radical (unpaired) electrons. The Balaban J connectivity index is 2.49. The second kappa shape index (κ2) is 6.20. The number of ketones is 1. The molecule has 0 unspecified atom stereocenters. The predicted molar refractivity (Wildman–Crippen MR) is 61.8 cm³/mol. The number of benzene rings is 1. The van der Waals surface area contributed by atoms with E-state index in [-0.39, 0.29) is 18.2 Å². The quantitative estimate of drug-likeness (QED) is 0.354. The van der Waals surface area contributed by atoms with E-state index in [1.54, 1.807) is 24.3 Å². The van der Waals surface area contributed by atoms with Crippen LogP contribution in [0.25, 0.3) is 0 Å². The molecule has 0 saturated heterocycles. The molecule has 0 spiro atoms. The lowest BCUT2D eigenvalue weighted by Gasteiger charge is -1.93. The van der Waals surface area contributed by atoms with Crippen molar-refractivity contribution in [3.8, 4) is 11.8 Å². The minimum atomic E-state index is -0.304. The highest BCUT2D eigenvalue weighted by Crippen LogP contribution is 1.98. The van der Waals surface area contributed by atoms with Crippen molar-refractivity contribution in [2.75, 3.05) is 6.54 Å². The molecule has 0 aromatic heterocycles. The Kier molecular flexibility index (Phi) is 4.55. The molecule has 0 aliphatic rings. The molecule has 0 aliphatic carbocycles. The van der Waals surface area contributed by atoms with Gasteiger partial charge in [0.1, 0.15) is 0 Å². The third kappa shape index (κ3) is 3.81. The Morgan fingerprint density at radius 2 is 2.00 bits per heavy atom. The molecule has 16 heavy (non-hydrogen) atoms. The third-order valence-corrected chi connectivity index (χ3v) is 1.77. The van der Waals surface area contributed by atoms with Crippen LogP contribution in [0, 0.1) is 11.8 Å². The van der Waals surface area contributed by atoms with E-state index in [0.717, 1.165) is 6.08 Å². The lowest BCUT2D eigenvalue weighted by molar-refractivity contribution is -0.116. The molecule has 80 valence electrons. The van der Waals surface area contributed by atoms with Gasteiger partial charge in [0.15, 0.2) is 0 Å². The SMILES string of the molecule is C=CC(=O)NCC#CC(=O)c1ccccc1. The Labute approximate surface area is 94.2 Å². The van der Waals surface area contributed by atoms with Crippen molar-refractivity contribution in [3.63, 3.8) is 0 Å². The summed E-state index contributed by atoms with van der Waals surface area (Å²) in [5, 5.41) is 2.46. The molecule has 1 aromatic rings. The van der Waals surface area contributed by atoms with Crippen LogP contribution < -0.4 is 5.32 Å². The molecule has 1 aromatic carbocycles. The van der Waals surface area contributed by atoms with Gasteiger partial charge in [0.05, 0.1) is 6.54 Å². The van der Waals surface area contributed by atoms with E-state index in [1.807, 2.05) is 6.07 Å². The molecule has 1 N–H and O–H groups in total. The van der Waals surface area contributed by atoms with Crippen LogP contribution in [0.1, 0.15) is 10.4 Å². The third-order valence-electron chi connectivity index (χ3n) is 1.77. The van der Waals surface area contributed by atoms with Crippen LogP contribution in [0.15, 0.2) is 43.0 Å². The molecule has 0 saturated carbocycles. The topological polar surface area (TPSA) is 46.2 Å². The van der Waals surface area contributed by atoms with Crippen LogP contribution in [-0.4, -0.2) is 18.2 Å². The first-order chi connectivity index (χ1) is 7.74. The van der Waals surface area contributed by atoms with Crippen LogP contribution >= 0.6 is 0 Å². The smallest absolute Gasteiger partial charge is 0.244 e. The zero-order valence-corrected chi connectivity index (χ0v) is 8.69. The normalized spacial score (nSPS) is 8.50. The molecule has 1 rings (SSSR count). The van der Waals surface area contributed by atoms with Gasteiger partial charge in [-0.2, -0.15) is 0 Å². The summed E-state index contributed by atoms with van der Waals surface area (Å²) in [7, 11) is 0. The minimum Gasteiger partial charge on any atom is -0.342 e. The van der Waals surface area contributed by atoms with Crippen LogP contribution in [0.3, 0.4) is 0 Å². The maximum Gasteiger partial charge on any atom is 0.244 e. The lowest BCUT2D eigenvalue weighted by Crippen LogP contribution is -2.20. The van der Waals surface area contributed by atoms with Gasteiger partial charge in [0.2, 0.25) is 11.7 Å². The molecular formula is C13H11NO2. The highest BCUT2D eigenvalue weighted by atomic mass is 16.1. The fourth-order valence-electron chi connectivity index (χ4n) is 0.990. The number of amides is 1. The number of rotatable bonds is 3. The summed E-state index contributed by atoms with van der Waals surface area (Å²) in [4.78, 5) is 22.2. The minimum absolute atomic E-state index is 0.142. The number of carbonyl (C=O) groups is 2. The van der Waals surface area contributed by atoms with Crippen LogP contribution in [0.5, 0.6) is 0 Å². The fourth-order valence-corrected chi connectivity index (χ4v) is 0.990. The van der Waals surface area contributed by atoms with Crippen molar-refractivity contribution in [2.24, 2.45) is 0 Å². The molecule has 0 aliphatic heterocycles. The molecule has 0 atom stereocenters. The first-order valence-electron chi connectivity index (χ1n) is 4.72. The molecule has 3 heteroatoms. The van der Waals surface area contributed by atoms with Gasteiger partial charge in [-0.1, -0.05) is 42.8 Å². The van der Waals surface area contributed by atoms with Gasteiger partial charge in [-0.15, -0.1) is 0 Å². The number of nitrogens with one attached hydrogen (secondary N) is 1. The van der Waals surface area contributed by atoms with Gasteiger partial charge in [0.25, 0.3) is 0 Å². The number of hydrogen-bond acceptors (Lipinski definition) is 2. The molecular weight excluding hydrogens is 202 g/mol. The maximum absolute atomic E-state index is 11.5. The molecule has 0 fully saturated rings. The monoisotopic (exact) mass is 213 g/mol. The lowest BCUT2D eigenvalue weighted by atomic mass is 10.1. The standard InChI is InChI=1S/C13H11NO2/c1-2-13(16)14-10-6-9-12(15)11-7-4-3-5-8-11/h2-5,7-8H,1,10H2,(H,14,16). The van der Waals surface area contributed by atoms with E-state index in [0.29, 0.717) is 5.56 Å².